The highest BCUT2D eigenvalue weighted by Gasteiger charge is 2.36. The largest absolute Gasteiger partial charge is 0.228 e. The summed E-state index contributed by atoms with van der Waals surface area (Å²) in [5.41, 5.74) is 23.1. The van der Waals surface area contributed by atoms with Gasteiger partial charge in [-0.05, 0) is 109 Å². The van der Waals surface area contributed by atoms with Crippen molar-refractivity contribution in [2.75, 3.05) is 0 Å². The molecule has 2 nitrogen and oxygen atoms in total. The summed E-state index contributed by atoms with van der Waals surface area (Å²) < 4.78 is 0. The zero-order valence-electron chi connectivity index (χ0n) is 36.3. The summed E-state index contributed by atoms with van der Waals surface area (Å²) in [6.07, 6.45) is 0. The van der Waals surface area contributed by atoms with E-state index in [4.69, 9.17) is 9.97 Å². The number of nitrogens with zero attached hydrogens (tertiary/aromatic N) is 2. The molecule has 0 fully saturated rings. The smallest absolute Gasteiger partial charge is 0.160 e. The lowest BCUT2D eigenvalue weighted by Gasteiger charge is -2.23. The van der Waals surface area contributed by atoms with Crippen molar-refractivity contribution in [2.45, 2.75) is 26.2 Å². The van der Waals surface area contributed by atoms with E-state index < -0.39 is 0 Å². The maximum atomic E-state index is 5.32. The van der Waals surface area contributed by atoms with E-state index in [0.29, 0.717) is 5.82 Å². The fourth-order valence-electron chi connectivity index (χ4n) is 9.66. The highest BCUT2D eigenvalue weighted by Crippen LogP contribution is 2.52. The number of benzene rings is 9. The van der Waals surface area contributed by atoms with Crippen molar-refractivity contribution in [1.29, 1.82) is 0 Å². The zero-order valence-corrected chi connectivity index (χ0v) is 36.3. The Bertz CT molecular complexity index is 3310. The van der Waals surface area contributed by atoms with Gasteiger partial charge in [-0.1, -0.05) is 214 Å². The molecule has 0 saturated heterocycles. The lowest BCUT2D eigenvalue weighted by Crippen LogP contribution is -2.15. The third-order valence-corrected chi connectivity index (χ3v) is 13.1. The van der Waals surface area contributed by atoms with Gasteiger partial charge in [0.2, 0.25) is 0 Å². The highest BCUT2D eigenvalue weighted by atomic mass is 14.9. The fraction of sp³-hybridized carbons (Fsp3) is 0.0645. The Morgan fingerprint density at radius 2 is 0.688 bits per heavy atom. The number of aromatic nitrogens is 2. The van der Waals surface area contributed by atoms with Crippen LogP contribution >= 0.6 is 0 Å². The maximum absolute atomic E-state index is 5.32. The third kappa shape index (κ3) is 7.04. The zero-order chi connectivity index (χ0) is 43.2. The minimum atomic E-state index is -0.127. The van der Waals surface area contributed by atoms with Crippen LogP contribution in [-0.2, 0) is 5.41 Å². The summed E-state index contributed by atoms with van der Waals surface area (Å²) in [7, 11) is 0. The van der Waals surface area contributed by atoms with Crippen LogP contribution in [0.25, 0.3) is 101 Å². The van der Waals surface area contributed by atoms with Gasteiger partial charge in [0, 0.05) is 27.7 Å². The predicted molar refractivity (Wildman–Crippen MR) is 268 cm³/mol. The molecule has 1 aliphatic carbocycles. The normalized spacial score (nSPS) is 12.4. The van der Waals surface area contributed by atoms with Crippen LogP contribution in [-0.4, -0.2) is 9.97 Å². The van der Waals surface area contributed by atoms with Crippen LogP contribution in [0.5, 0.6) is 0 Å². The molecule has 1 heterocycles. The van der Waals surface area contributed by atoms with Crippen molar-refractivity contribution < 1.29 is 0 Å². The molecule has 1 aliphatic rings. The van der Waals surface area contributed by atoms with Crippen LogP contribution in [0.2, 0.25) is 0 Å². The average Bonchev–Trinajstić information content (AvgIpc) is 3.59. The molecule has 0 atom stereocenters. The van der Waals surface area contributed by atoms with Crippen LogP contribution in [0.15, 0.2) is 224 Å². The molecule has 0 spiro atoms. The SMILES string of the molecule is Cc1c(-c2ccccc2)nc(-c2cccc(-c3cccc(-c4cc5c(cc4-c4ccc(-c6ccccc6)cc4)-c4ccccc4C5(C)C)c3)c2)nc1-c1ccc(-c2ccccc2)cc1. The molecule has 304 valence electrons. The van der Waals surface area contributed by atoms with Crippen LogP contribution < -0.4 is 0 Å². The lowest BCUT2D eigenvalue weighted by molar-refractivity contribution is 0.660. The second-order valence-electron chi connectivity index (χ2n) is 17.4. The van der Waals surface area contributed by atoms with Gasteiger partial charge in [0.05, 0.1) is 11.4 Å². The van der Waals surface area contributed by atoms with Crippen LogP contribution in [0.1, 0.15) is 30.5 Å². The quantitative estimate of drug-likeness (QED) is 0.153. The third-order valence-electron chi connectivity index (χ3n) is 13.1. The first-order valence-electron chi connectivity index (χ1n) is 22.1. The number of rotatable bonds is 8. The second-order valence-corrected chi connectivity index (χ2v) is 17.4. The van der Waals surface area contributed by atoms with E-state index in [9.17, 15) is 0 Å². The van der Waals surface area contributed by atoms with E-state index in [1.165, 1.54) is 66.8 Å². The van der Waals surface area contributed by atoms with E-state index in [-0.39, 0.29) is 5.41 Å². The van der Waals surface area contributed by atoms with Gasteiger partial charge in [-0.2, -0.15) is 0 Å². The van der Waals surface area contributed by atoms with E-state index in [0.717, 1.165) is 44.8 Å². The molecule has 11 rings (SSSR count). The molecule has 64 heavy (non-hydrogen) atoms. The molecular weight excluding hydrogens is 773 g/mol. The Morgan fingerprint density at radius 3 is 1.28 bits per heavy atom. The minimum absolute atomic E-state index is 0.127. The van der Waals surface area contributed by atoms with Crippen molar-refractivity contribution in [1.82, 2.24) is 9.97 Å². The van der Waals surface area contributed by atoms with Gasteiger partial charge in [0.1, 0.15) is 0 Å². The lowest BCUT2D eigenvalue weighted by atomic mass is 9.80. The first-order chi connectivity index (χ1) is 31.4. The molecule has 0 saturated carbocycles. The van der Waals surface area contributed by atoms with Gasteiger partial charge in [-0.15, -0.1) is 0 Å². The summed E-state index contributed by atoms with van der Waals surface area (Å²) in [4.78, 5) is 10.6. The molecule has 1 aromatic heterocycles. The van der Waals surface area contributed by atoms with Crippen molar-refractivity contribution in [3.05, 3.63) is 241 Å². The van der Waals surface area contributed by atoms with Crippen molar-refractivity contribution in [3.63, 3.8) is 0 Å². The second kappa shape index (κ2) is 16.1. The monoisotopic (exact) mass is 818 g/mol. The first-order valence-corrected chi connectivity index (χ1v) is 22.1. The Labute approximate surface area is 376 Å². The standard InChI is InChI=1S/C62H46N2/c1-41-59(47-21-11-6-12-22-47)63-61(64-60(41)48-35-31-45(32-36-48)43-19-9-5-10-20-43)52-26-16-24-50(38-52)49-23-15-25-51(37-49)55-40-58-56(53-27-13-14-28-57(53)62(58,2)3)39-54(55)46-33-29-44(30-34-46)42-17-7-4-8-18-42/h4-40H,1-3H3. The van der Waals surface area contributed by atoms with Crippen molar-refractivity contribution in [3.8, 4) is 101 Å². The summed E-state index contributed by atoms with van der Waals surface area (Å²) in [5.74, 6) is 0.700. The predicted octanol–water partition coefficient (Wildman–Crippen LogP) is 16.4. The molecule has 10 aromatic rings. The van der Waals surface area contributed by atoms with Crippen LogP contribution in [0.3, 0.4) is 0 Å². The van der Waals surface area contributed by atoms with Gasteiger partial charge in [-0.3, -0.25) is 0 Å². The Hall–Kier alpha value is -7.94. The van der Waals surface area contributed by atoms with Crippen LogP contribution in [0.4, 0.5) is 0 Å². The summed E-state index contributed by atoms with van der Waals surface area (Å²) in [6, 6.07) is 80.9. The van der Waals surface area contributed by atoms with Crippen molar-refractivity contribution >= 4 is 0 Å². The first kappa shape index (κ1) is 38.9. The molecule has 0 N–H and O–H groups in total. The fourth-order valence-corrected chi connectivity index (χ4v) is 9.66. The number of hydrogen-bond acceptors (Lipinski definition) is 2. The average molecular weight is 819 g/mol. The summed E-state index contributed by atoms with van der Waals surface area (Å²) in [6.45, 7) is 6.86. The van der Waals surface area contributed by atoms with E-state index in [2.05, 4.69) is 245 Å². The molecule has 0 bridgehead atoms. The van der Waals surface area contributed by atoms with Crippen LogP contribution in [0, 0.1) is 6.92 Å². The molecule has 0 unspecified atom stereocenters. The molecule has 0 radical (unpaired) electrons. The summed E-state index contributed by atoms with van der Waals surface area (Å²) in [5, 5.41) is 0. The Balaban J connectivity index is 1.01. The molecule has 9 aromatic carbocycles. The van der Waals surface area contributed by atoms with Gasteiger partial charge < -0.3 is 0 Å². The number of hydrogen-bond donors (Lipinski definition) is 0. The van der Waals surface area contributed by atoms with E-state index >= 15 is 0 Å². The number of fused-ring (bicyclic) bond motifs is 3. The van der Waals surface area contributed by atoms with E-state index in [1.54, 1.807) is 0 Å². The molecule has 0 amide bonds. The van der Waals surface area contributed by atoms with Gasteiger partial charge in [0.15, 0.2) is 5.82 Å². The molecule has 0 aliphatic heterocycles. The highest BCUT2D eigenvalue weighted by molar-refractivity contribution is 5.94. The Kier molecular flexibility index (Phi) is 9.78. The minimum Gasteiger partial charge on any atom is -0.228 e. The maximum Gasteiger partial charge on any atom is 0.160 e. The summed E-state index contributed by atoms with van der Waals surface area (Å²) >= 11 is 0. The van der Waals surface area contributed by atoms with Gasteiger partial charge in [0.25, 0.3) is 0 Å². The molecule has 2 heteroatoms. The molecular formula is C62H46N2. The van der Waals surface area contributed by atoms with Crippen molar-refractivity contribution in [2.24, 2.45) is 0 Å². The van der Waals surface area contributed by atoms with E-state index in [1.807, 2.05) is 0 Å². The van der Waals surface area contributed by atoms with Gasteiger partial charge in [-0.25, -0.2) is 9.97 Å². The topological polar surface area (TPSA) is 25.8 Å². The van der Waals surface area contributed by atoms with Gasteiger partial charge >= 0.3 is 0 Å². The Morgan fingerprint density at radius 1 is 0.281 bits per heavy atom.